The first-order valence-electron chi connectivity index (χ1n) is 4.59. The third kappa shape index (κ3) is 1.61. The fourth-order valence-electron chi connectivity index (χ4n) is 1.67. The predicted octanol–water partition coefficient (Wildman–Crippen LogP) is 4.93. The average molecular weight is 314 g/mol. The van der Waals surface area contributed by atoms with Gasteiger partial charge < -0.3 is 0 Å². The standard InChI is InChI=1S/C12H10Br2/c1-2-8-4-3-5-10-9(8)6-7-11(13)12(10)14/h3-7H,2H2,1H3. The second-order valence-electron chi connectivity index (χ2n) is 3.23. The maximum absolute atomic E-state index is 3.60. The molecule has 2 aromatic carbocycles. The molecule has 0 saturated carbocycles. The minimum absolute atomic E-state index is 1.07. The molecule has 72 valence electrons. The van der Waals surface area contributed by atoms with E-state index >= 15 is 0 Å². The lowest BCUT2D eigenvalue weighted by atomic mass is 10.0. The van der Waals surface area contributed by atoms with Crippen LogP contribution in [-0.4, -0.2) is 0 Å². The predicted molar refractivity (Wildman–Crippen MR) is 68.7 cm³/mol. The quantitative estimate of drug-likeness (QED) is 0.700. The topological polar surface area (TPSA) is 0 Å². The van der Waals surface area contributed by atoms with Crippen molar-refractivity contribution in [2.24, 2.45) is 0 Å². The first-order valence-corrected chi connectivity index (χ1v) is 6.18. The largest absolute Gasteiger partial charge is 0.0613 e. The van der Waals surface area contributed by atoms with Crippen molar-refractivity contribution >= 4 is 42.6 Å². The van der Waals surface area contributed by atoms with Crippen LogP contribution < -0.4 is 0 Å². The normalized spacial score (nSPS) is 10.8. The molecule has 0 aliphatic rings. The first-order chi connectivity index (χ1) is 6.74. The van der Waals surface area contributed by atoms with Gasteiger partial charge in [-0.3, -0.25) is 0 Å². The Labute approximate surface area is 101 Å². The lowest BCUT2D eigenvalue weighted by Gasteiger charge is -2.06. The Morgan fingerprint density at radius 1 is 1.00 bits per heavy atom. The Morgan fingerprint density at radius 2 is 1.79 bits per heavy atom. The highest BCUT2D eigenvalue weighted by molar-refractivity contribution is 9.13. The van der Waals surface area contributed by atoms with E-state index in [1.807, 2.05) is 0 Å². The van der Waals surface area contributed by atoms with E-state index in [0.717, 1.165) is 15.4 Å². The van der Waals surface area contributed by atoms with Gasteiger partial charge in [0.2, 0.25) is 0 Å². The second-order valence-corrected chi connectivity index (χ2v) is 4.87. The molecule has 0 radical (unpaired) electrons. The molecule has 0 N–H and O–H groups in total. The van der Waals surface area contributed by atoms with E-state index in [0.29, 0.717) is 0 Å². The summed E-state index contributed by atoms with van der Waals surface area (Å²) in [5.41, 5.74) is 1.40. The summed E-state index contributed by atoms with van der Waals surface area (Å²) in [5.74, 6) is 0. The Kier molecular flexibility index (Phi) is 2.93. The molecule has 0 aromatic heterocycles. The van der Waals surface area contributed by atoms with Gasteiger partial charge in [-0.1, -0.05) is 31.2 Å². The van der Waals surface area contributed by atoms with Crippen LogP contribution in [0.15, 0.2) is 39.3 Å². The van der Waals surface area contributed by atoms with Gasteiger partial charge >= 0.3 is 0 Å². The average Bonchev–Trinajstić information content (AvgIpc) is 2.23. The van der Waals surface area contributed by atoms with Gasteiger partial charge in [0, 0.05) is 8.95 Å². The molecule has 0 atom stereocenters. The van der Waals surface area contributed by atoms with Crippen molar-refractivity contribution < 1.29 is 0 Å². The summed E-state index contributed by atoms with van der Waals surface area (Å²) in [4.78, 5) is 0. The van der Waals surface area contributed by atoms with E-state index < -0.39 is 0 Å². The van der Waals surface area contributed by atoms with Crippen molar-refractivity contribution in [3.63, 3.8) is 0 Å². The lowest BCUT2D eigenvalue weighted by Crippen LogP contribution is -1.84. The molecule has 0 amide bonds. The Balaban J connectivity index is 2.86. The summed E-state index contributed by atoms with van der Waals surface area (Å²) < 4.78 is 2.25. The van der Waals surface area contributed by atoms with Gasteiger partial charge in [0.15, 0.2) is 0 Å². The number of halogens is 2. The number of fused-ring (bicyclic) bond motifs is 1. The molecule has 0 aliphatic carbocycles. The van der Waals surface area contributed by atoms with Crippen LogP contribution in [0.5, 0.6) is 0 Å². The molecular weight excluding hydrogens is 304 g/mol. The number of rotatable bonds is 1. The van der Waals surface area contributed by atoms with Crippen LogP contribution in [-0.2, 0) is 6.42 Å². The zero-order chi connectivity index (χ0) is 10.1. The molecule has 0 unspecified atom stereocenters. The summed E-state index contributed by atoms with van der Waals surface area (Å²) in [6, 6.07) is 10.7. The molecule has 14 heavy (non-hydrogen) atoms. The molecule has 0 fully saturated rings. The van der Waals surface area contributed by atoms with E-state index in [1.165, 1.54) is 16.3 Å². The van der Waals surface area contributed by atoms with Gasteiger partial charge in [0.25, 0.3) is 0 Å². The highest BCUT2D eigenvalue weighted by atomic mass is 79.9. The summed E-state index contributed by atoms with van der Waals surface area (Å²) in [6.07, 6.45) is 1.07. The van der Waals surface area contributed by atoms with Crippen molar-refractivity contribution in [3.05, 3.63) is 44.8 Å². The number of hydrogen-bond acceptors (Lipinski definition) is 0. The zero-order valence-electron chi connectivity index (χ0n) is 7.85. The Hall–Kier alpha value is -0.340. The molecule has 0 spiro atoms. The van der Waals surface area contributed by atoms with Crippen LogP contribution in [0.25, 0.3) is 10.8 Å². The molecule has 2 rings (SSSR count). The minimum atomic E-state index is 1.07. The van der Waals surface area contributed by atoms with Gasteiger partial charge in [-0.25, -0.2) is 0 Å². The molecule has 0 aliphatic heterocycles. The number of benzene rings is 2. The van der Waals surface area contributed by atoms with E-state index in [2.05, 4.69) is 69.1 Å². The van der Waals surface area contributed by atoms with Crippen LogP contribution in [0, 0.1) is 0 Å². The zero-order valence-corrected chi connectivity index (χ0v) is 11.0. The van der Waals surface area contributed by atoms with Crippen molar-refractivity contribution in [1.82, 2.24) is 0 Å². The maximum atomic E-state index is 3.60. The fourth-order valence-corrected chi connectivity index (χ4v) is 2.49. The van der Waals surface area contributed by atoms with Gasteiger partial charge in [-0.05, 0) is 60.7 Å². The van der Waals surface area contributed by atoms with Crippen LogP contribution in [0.2, 0.25) is 0 Å². The van der Waals surface area contributed by atoms with E-state index in [-0.39, 0.29) is 0 Å². The highest BCUT2D eigenvalue weighted by Gasteiger charge is 2.04. The molecule has 0 bridgehead atoms. The summed E-state index contributed by atoms with van der Waals surface area (Å²) in [5, 5.41) is 2.61. The second kappa shape index (κ2) is 4.03. The maximum Gasteiger partial charge on any atom is 0.0395 e. The van der Waals surface area contributed by atoms with E-state index in [1.54, 1.807) is 0 Å². The SMILES string of the molecule is CCc1cccc2c(Br)c(Br)ccc12. The van der Waals surface area contributed by atoms with Crippen molar-refractivity contribution in [1.29, 1.82) is 0 Å². The highest BCUT2D eigenvalue weighted by Crippen LogP contribution is 2.32. The first kappa shape index (κ1) is 10.2. The van der Waals surface area contributed by atoms with Gasteiger partial charge in [-0.15, -0.1) is 0 Å². The Bertz CT molecular complexity index is 475. The summed E-state index contributed by atoms with van der Waals surface area (Å²) >= 11 is 7.11. The molecular formula is C12H10Br2. The van der Waals surface area contributed by atoms with Crippen LogP contribution >= 0.6 is 31.9 Å². The van der Waals surface area contributed by atoms with Crippen molar-refractivity contribution in [2.75, 3.05) is 0 Å². The number of hydrogen-bond donors (Lipinski definition) is 0. The molecule has 0 saturated heterocycles. The van der Waals surface area contributed by atoms with Crippen LogP contribution in [0.1, 0.15) is 12.5 Å². The van der Waals surface area contributed by atoms with Crippen LogP contribution in [0.4, 0.5) is 0 Å². The van der Waals surface area contributed by atoms with E-state index in [4.69, 9.17) is 0 Å². The monoisotopic (exact) mass is 312 g/mol. The third-order valence-electron chi connectivity index (χ3n) is 2.42. The third-order valence-corrected chi connectivity index (χ3v) is 4.47. The van der Waals surface area contributed by atoms with Gasteiger partial charge in [0.05, 0.1) is 0 Å². The van der Waals surface area contributed by atoms with Crippen molar-refractivity contribution in [3.8, 4) is 0 Å². The Morgan fingerprint density at radius 3 is 2.50 bits per heavy atom. The fraction of sp³-hybridized carbons (Fsp3) is 0.167. The molecule has 2 heteroatoms. The summed E-state index contributed by atoms with van der Waals surface area (Å²) in [6.45, 7) is 2.19. The molecule has 2 aromatic rings. The summed E-state index contributed by atoms with van der Waals surface area (Å²) in [7, 11) is 0. The molecule has 0 heterocycles. The number of aryl methyl sites for hydroxylation is 1. The minimum Gasteiger partial charge on any atom is -0.0613 e. The molecule has 0 nitrogen and oxygen atoms in total. The van der Waals surface area contributed by atoms with Crippen molar-refractivity contribution in [2.45, 2.75) is 13.3 Å². The van der Waals surface area contributed by atoms with E-state index in [9.17, 15) is 0 Å². The van der Waals surface area contributed by atoms with Gasteiger partial charge in [0.1, 0.15) is 0 Å². The van der Waals surface area contributed by atoms with Crippen LogP contribution in [0.3, 0.4) is 0 Å². The smallest absolute Gasteiger partial charge is 0.0395 e. The van der Waals surface area contributed by atoms with Gasteiger partial charge in [-0.2, -0.15) is 0 Å². The lowest BCUT2D eigenvalue weighted by molar-refractivity contribution is 1.16.